The van der Waals surface area contributed by atoms with Crippen molar-refractivity contribution in [1.29, 1.82) is 0 Å². The smallest absolute Gasteiger partial charge is 0.225 e. The van der Waals surface area contributed by atoms with E-state index in [-0.39, 0.29) is 12.8 Å². The first-order chi connectivity index (χ1) is 13.7. The van der Waals surface area contributed by atoms with Gasteiger partial charge in [-0.3, -0.25) is 0 Å². The molecule has 0 saturated heterocycles. The van der Waals surface area contributed by atoms with Gasteiger partial charge in [0, 0.05) is 0 Å². The molecule has 1 aromatic carbocycles. The third kappa shape index (κ3) is 6.16. The van der Waals surface area contributed by atoms with Crippen LogP contribution in [0.5, 0.6) is 0 Å². The molecule has 29 heavy (non-hydrogen) atoms. The third-order valence-electron chi connectivity index (χ3n) is 6.93. The van der Waals surface area contributed by atoms with E-state index in [4.69, 9.17) is 0 Å². The maximum Gasteiger partial charge on any atom is 0.527 e. The summed E-state index contributed by atoms with van der Waals surface area (Å²) in [5.74, 6) is 0.0747. The second kappa shape index (κ2) is 9.32. The van der Waals surface area contributed by atoms with E-state index < -0.39 is 18.4 Å². The highest BCUT2D eigenvalue weighted by molar-refractivity contribution is 5.26. The van der Waals surface area contributed by atoms with E-state index >= 15 is 0 Å². The predicted octanol–water partition coefficient (Wildman–Crippen LogP) is 7.85. The summed E-state index contributed by atoms with van der Waals surface area (Å²) in [7, 11) is 0. The fourth-order valence-electron chi connectivity index (χ4n) is 5.33. The Bertz CT molecular complexity index is 624. The summed E-state index contributed by atoms with van der Waals surface area (Å²) in [5, 5.41) is 0. The van der Waals surface area contributed by atoms with Gasteiger partial charge in [-0.05, 0) is 86.7 Å². The van der Waals surface area contributed by atoms with Gasteiger partial charge in [0.1, 0.15) is 0 Å². The lowest BCUT2D eigenvalue weighted by Crippen LogP contribution is -2.39. The van der Waals surface area contributed by atoms with Crippen molar-refractivity contribution in [2.45, 2.75) is 89.5 Å². The zero-order valence-electron chi connectivity index (χ0n) is 17.0. The molecule has 0 spiro atoms. The van der Waals surface area contributed by atoms with Gasteiger partial charge in [-0.2, -0.15) is 8.78 Å². The Hall–Kier alpha value is -1.17. The van der Waals surface area contributed by atoms with Gasteiger partial charge >= 0.3 is 12.5 Å². The lowest BCUT2D eigenvalue weighted by molar-refractivity contribution is -0.439. The van der Waals surface area contributed by atoms with Gasteiger partial charge in [0.2, 0.25) is 0 Å². The molecule has 0 amide bonds. The lowest BCUT2D eigenvalue weighted by Gasteiger charge is -2.39. The van der Waals surface area contributed by atoms with Gasteiger partial charge in [0.05, 0.1) is 5.92 Å². The van der Waals surface area contributed by atoms with Crippen molar-refractivity contribution in [1.82, 2.24) is 0 Å². The van der Waals surface area contributed by atoms with E-state index in [0.717, 1.165) is 38.5 Å². The average Bonchev–Trinajstić information content (AvgIpc) is 2.67. The van der Waals surface area contributed by atoms with Gasteiger partial charge in [-0.1, -0.05) is 37.6 Å². The summed E-state index contributed by atoms with van der Waals surface area (Å²) in [5.41, 5.74) is 2.75. The molecule has 3 rings (SSSR count). The summed E-state index contributed by atoms with van der Waals surface area (Å²) >= 11 is 0. The van der Waals surface area contributed by atoms with Crippen LogP contribution in [-0.2, 0) is 11.2 Å². The molecule has 2 fully saturated rings. The van der Waals surface area contributed by atoms with Crippen molar-refractivity contribution < 1.29 is 26.7 Å². The number of aryl methyl sites for hydroxylation is 1. The minimum Gasteiger partial charge on any atom is -0.225 e. The summed E-state index contributed by atoms with van der Waals surface area (Å²) in [4.78, 5) is 0. The molecule has 0 aromatic heterocycles. The lowest BCUT2D eigenvalue weighted by atomic mass is 9.68. The van der Waals surface area contributed by atoms with Crippen LogP contribution in [0.3, 0.4) is 0 Å². The highest BCUT2D eigenvalue weighted by Gasteiger charge is 2.51. The molecular weight excluding hydrogens is 387 g/mol. The van der Waals surface area contributed by atoms with Gasteiger partial charge in [-0.15, -0.1) is 13.2 Å². The summed E-state index contributed by atoms with van der Waals surface area (Å²) in [6.07, 6.45) is -1.47. The minimum atomic E-state index is -5.30. The molecule has 0 heterocycles. The van der Waals surface area contributed by atoms with Crippen molar-refractivity contribution >= 4 is 0 Å². The summed E-state index contributed by atoms with van der Waals surface area (Å²) < 4.78 is 67.2. The van der Waals surface area contributed by atoms with Crippen molar-refractivity contribution in [3.8, 4) is 0 Å². The predicted molar refractivity (Wildman–Crippen MR) is 103 cm³/mol. The Balaban J connectivity index is 1.46. The molecule has 0 aliphatic heterocycles. The van der Waals surface area contributed by atoms with Crippen LogP contribution in [0.25, 0.3) is 0 Å². The Morgan fingerprint density at radius 2 is 1.31 bits per heavy atom. The number of halogens is 5. The first-order valence-electron chi connectivity index (χ1n) is 10.9. The Kier molecular flexibility index (Phi) is 7.23. The quantitative estimate of drug-likeness (QED) is 0.428. The number of ether oxygens (including phenoxy) is 1. The SMILES string of the molecule is CCCc1ccc(C2CCC(C3CCC(C(F)(F)OC(F)(F)F)CC3)CC2)cc1. The maximum absolute atomic E-state index is 13.7. The number of hydrogen-bond acceptors (Lipinski definition) is 1. The molecule has 0 radical (unpaired) electrons. The normalized spacial score (nSPS) is 29.0. The van der Waals surface area contributed by atoms with Crippen molar-refractivity contribution in [3.63, 3.8) is 0 Å². The molecular formula is C23H31F5O. The van der Waals surface area contributed by atoms with E-state index in [1.807, 2.05) is 0 Å². The number of alkyl halides is 5. The van der Waals surface area contributed by atoms with Crippen LogP contribution in [0.2, 0.25) is 0 Å². The fraction of sp³-hybridized carbons (Fsp3) is 0.739. The molecule has 0 bridgehead atoms. The second-order valence-corrected chi connectivity index (χ2v) is 8.82. The van der Waals surface area contributed by atoms with E-state index in [0.29, 0.717) is 30.6 Å². The number of benzene rings is 1. The van der Waals surface area contributed by atoms with Crippen LogP contribution in [0.15, 0.2) is 24.3 Å². The average molecular weight is 418 g/mol. The van der Waals surface area contributed by atoms with Gasteiger partial charge in [0.25, 0.3) is 0 Å². The Morgan fingerprint density at radius 3 is 1.79 bits per heavy atom. The summed E-state index contributed by atoms with van der Waals surface area (Å²) in [6, 6.07) is 8.92. The largest absolute Gasteiger partial charge is 0.527 e. The van der Waals surface area contributed by atoms with Crippen molar-refractivity contribution in [3.05, 3.63) is 35.4 Å². The molecule has 0 unspecified atom stereocenters. The van der Waals surface area contributed by atoms with Crippen LogP contribution < -0.4 is 0 Å². The maximum atomic E-state index is 13.7. The number of rotatable bonds is 6. The van der Waals surface area contributed by atoms with Gasteiger partial charge in [0.15, 0.2) is 0 Å². The first-order valence-corrected chi connectivity index (χ1v) is 10.9. The molecule has 0 N–H and O–H groups in total. The second-order valence-electron chi connectivity index (χ2n) is 8.82. The van der Waals surface area contributed by atoms with Gasteiger partial charge < -0.3 is 0 Å². The standard InChI is InChI=1S/C23H31F5O/c1-2-3-16-4-6-17(7-5-16)18-8-10-19(11-9-18)20-12-14-21(15-13-20)22(24,25)29-23(26,27)28/h4-7,18-21H,2-3,8-15H2,1H3. The molecule has 1 nitrogen and oxygen atoms in total. The van der Waals surface area contributed by atoms with Crippen molar-refractivity contribution in [2.75, 3.05) is 0 Å². The van der Waals surface area contributed by atoms with Crippen LogP contribution in [0.1, 0.15) is 81.8 Å². The van der Waals surface area contributed by atoms with E-state index in [2.05, 4.69) is 35.9 Å². The Morgan fingerprint density at radius 1 is 0.793 bits per heavy atom. The van der Waals surface area contributed by atoms with Crippen LogP contribution in [0.4, 0.5) is 22.0 Å². The molecule has 0 atom stereocenters. The third-order valence-corrected chi connectivity index (χ3v) is 6.93. The molecule has 6 heteroatoms. The first kappa shape index (κ1) is 22.5. The minimum absolute atomic E-state index is 0.104. The molecule has 2 aliphatic rings. The molecule has 2 saturated carbocycles. The zero-order chi connectivity index (χ0) is 21.1. The topological polar surface area (TPSA) is 9.23 Å². The number of hydrogen-bond donors (Lipinski definition) is 0. The zero-order valence-corrected chi connectivity index (χ0v) is 17.0. The molecule has 164 valence electrons. The van der Waals surface area contributed by atoms with Crippen LogP contribution in [0, 0.1) is 17.8 Å². The highest BCUT2D eigenvalue weighted by Crippen LogP contribution is 2.47. The fourth-order valence-corrected chi connectivity index (χ4v) is 5.33. The molecule has 1 aromatic rings. The van der Waals surface area contributed by atoms with Gasteiger partial charge in [-0.25, -0.2) is 4.74 Å². The van der Waals surface area contributed by atoms with E-state index in [1.165, 1.54) is 11.1 Å². The monoisotopic (exact) mass is 418 g/mol. The molecule has 2 aliphatic carbocycles. The van der Waals surface area contributed by atoms with Crippen LogP contribution in [-0.4, -0.2) is 12.5 Å². The summed E-state index contributed by atoms with van der Waals surface area (Å²) in [6.45, 7) is 2.17. The van der Waals surface area contributed by atoms with E-state index in [1.54, 1.807) is 0 Å². The van der Waals surface area contributed by atoms with E-state index in [9.17, 15) is 22.0 Å². The van der Waals surface area contributed by atoms with Crippen LogP contribution >= 0.6 is 0 Å². The Labute approximate surface area is 170 Å². The van der Waals surface area contributed by atoms with Crippen molar-refractivity contribution in [2.24, 2.45) is 17.8 Å². The highest BCUT2D eigenvalue weighted by atomic mass is 19.4.